The molecule has 0 spiro atoms. The number of carbonyl (C=O) groups excluding carboxylic acids is 1. The second kappa shape index (κ2) is 13.2. The quantitative estimate of drug-likeness (QED) is 0.165. The molecule has 3 rings (SSSR count). The summed E-state index contributed by atoms with van der Waals surface area (Å²) in [4.78, 5) is 18.3. The summed E-state index contributed by atoms with van der Waals surface area (Å²) in [5, 5.41) is 0. The van der Waals surface area contributed by atoms with Gasteiger partial charge in [0.2, 0.25) is 0 Å². The van der Waals surface area contributed by atoms with Gasteiger partial charge in [0.05, 0.1) is 5.75 Å². The highest BCUT2D eigenvalue weighted by atomic mass is 32.3. The van der Waals surface area contributed by atoms with E-state index in [-0.39, 0.29) is 11.5 Å². The van der Waals surface area contributed by atoms with Crippen LogP contribution in [0.15, 0.2) is 87.5 Å². The zero-order chi connectivity index (χ0) is 30.4. The second-order valence-corrected chi connectivity index (χ2v) is 15.6. The standard InChI is InChI=1S/C31H42N2O6S2/c1-9-10-23-40(35,36)39-41(27-17-11-24(12-18-27)32(5)6,28-19-13-25(14-20-28)33(7)8)29-21-15-26(16-22-29)37-30(34)38-31(2,3)4/h11-22H,9-10,23H2,1-8H3. The lowest BCUT2D eigenvalue weighted by molar-refractivity contribution is 0.0206. The van der Waals surface area contributed by atoms with Crippen molar-refractivity contribution in [2.45, 2.75) is 60.8 Å². The zero-order valence-electron chi connectivity index (χ0n) is 25.2. The zero-order valence-corrected chi connectivity index (χ0v) is 26.8. The van der Waals surface area contributed by atoms with E-state index in [0.717, 1.165) is 27.6 Å². The molecule has 224 valence electrons. The van der Waals surface area contributed by atoms with Gasteiger partial charge in [0.15, 0.2) is 0 Å². The Morgan fingerprint density at radius 1 is 0.732 bits per heavy atom. The first kappa shape index (κ1) is 32.3. The summed E-state index contributed by atoms with van der Waals surface area (Å²) < 4.78 is 44.1. The van der Waals surface area contributed by atoms with Gasteiger partial charge in [0.25, 0.3) is 10.1 Å². The normalized spacial score (nSPS) is 12.5. The predicted molar refractivity (Wildman–Crippen MR) is 167 cm³/mol. The fourth-order valence-electron chi connectivity index (χ4n) is 3.97. The minimum atomic E-state index is -3.94. The topological polar surface area (TPSA) is 85.4 Å². The molecule has 0 aromatic heterocycles. The highest BCUT2D eigenvalue weighted by Gasteiger charge is 2.38. The molecule has 0 aliphatic carbocycles. The summed E-state index contributed by atoms with van der Waals surface area (Å²) in [5.74, 6) is 0.181. The van der Waals surface area contributed by atoms with Crippen LogP contribution in [0, 0.1) is 0 Å². The molecule has 0 saturated heterocycles. The number of unbranched alkanes of at least 4 members (excludes halogenated alkanes) is 1. The minimum Gasteiger partial charge on any atom is -0.428 e. The van der Waals surface area contributed by atoms with E-state index in [9.17, 15) is 13.2 Å². The van der Waals surface area contributed by atoms with Crippen molar-refractivity contribution in [3.8, 4) is 5.75 Å². The number of carbonyl (C=O) groups is 1. The first-order chi connectivity index (χ1) is 19.2. The first-order valence-corrected chi connectivity index (χ1v) is 16.6. The number of nitrogens with zero attached hydrogens (tertiary/aromatic N) is 2. The van der Waals surface area contributed by atoms with Crippen molar-refractivity contribution < 1.29 is 26.3 Å². The lowest BCUT2D eigenvalue weighted by Gasteiger charge is -2.39. The van der Waals surface area contributed by atoms with Gasteiger partial charge in [0.1, 0.15) is 11.4 Å². The molecule has 3 aromatic rings. The molecule has 10 heteroatoms. The summed E-state index contributed by atoms with van der Waals surface area (Å²) in [6.45, 7) is 7.22. The van der Waals surface area contributed by atoms with E-state index in [2.05, 4.69) is 0 Å². The SMILES string of the molecule is CCCCS(=O)(=O)OS(c1ccc(OC(=O)OC(C)(C)C)cc1)(c1ccc(N(C)C)cc1)c1ccc(N(C)C)cc1. The van der Waals surface area contributed by atoms with E-state index in [4.69, 9.17) is 13.1 Å². The first-order valence-electron chi connectivity index (χ1n) is 13.5. The highest BCUT2D eigenvalue weighted by molar-refractivity contribution is 8.33. The molecule has 41 heavy (non-hydrogen) atoms. The average molecular weight is 603 g/mol. The van der Waals surface area contributed by atoms with Crippen molar-refractivity contribution >= 4 is 38.0 Å². The van der Waals surface area contributed by atoms with Gasteiger partial charge in [-0.15, -0.1) is 0 Å². The Balaban J connectivity index is 2.23. The third-order valence-corrected chi connectivity index (χ3v) is 11.3. The largest absolute Gasteiger partial charge is 0.514 e. The average Bonchev–Trinajstić information content (AvgIpc) is 2.90. The van der Waals surface area contributed by atoms with Crippen molar-refractivity contribution in [1.82, 2.24) is 0 Å². The van der Waals surface area contributed by atoms with Crippen LogP contribution in [0.4, 0.5) is 16.2 Å². The number of benzene rings is 3. The number of hydrogen-bond donors (Lipinski definition) is 0. The van der Waals surface area contributed by atoms with Crippen molar-refractivity contribution in [2.24, 2.45) is 0 Å². The minimum absolute atomic E-state index is 0.0936. The summed E-state index contributed by atoms with van der Waals surface area (Å²) in [6, 6.07) is 22.3. The molecular weight excluding hydrogens is 560 g/mol. The van der Waals surface area contributed by atoms with Gasteiger partial charge < -0.3 is 19.3 Å². The molecule has 0 amide bonds. The van der Waals surface area contributed by atoms with Crippen molar-refractivity contribution in [3.05, 3.63) is 72.8 Å². The maximum Gasteiger partial charge on any atom is 0.514 e. The molecule has 0 fully saturated rings. The molecule has 0 heterocycles. The van der Waals surface area contributed by atoms with Gasteiger partial charge in [-0.25, -0.2) is 8.42 Å². The fraction of sp³-hybridized carbons (Fsp3) is 0.387. The van der Waals surface area contributed by atoms with E-state index in [0.29, 0.717) is 11.3 Å². The number of hydrogen-bond acceptors (Lipinski definition) is 8. The molecule has 0 saturated carbocycles. The third kappa shape index (κ3) is 8.40. The van der Waals surface area contributed by atoms with Crippen LogP contribution in [0.3, 0.4) is 0 Å². The lowest BCUT2D eigenvalue weighted by atomic mass is 10.2. The van der Waals surface area contributed by atoms with Crippen LogP contribution in [0.1, 0.15) is 40.5 Å². The smallest absolute Gasteiger partial charge is 0.428 e. The summed E-state index contributed by atoms with van der Waals surface area (Å²) in [7, 11) is 1.08. The molecule has 0 bridgehead atoms. The highest BCUT2D eigenvalue weighted by Crippen LogP contribution is 2.70. The van der Waals surface area contributed by atoms with E-state index < -0.39 is 32.2 Å². The maximum atomic E-state index is 13.5. The van der Waals surface area contributed by atoms with Crippen LogP contribution in [0.2, 0.25) is 0 Å². The van der Waals surface area contributed by atoms with E-state index >= 15 is 0 Å². The number of ether oxygens (including phenoxy) is 2. The van der Waals surface area contributed by atoms with Gasteiger partial charge in [-0.05, 0) is 110 Å². The van der Waals surface area contributed by atoms with Gasteiger partial charge >= 0.3 is 6.16 Å². The van der Waals surface area contributed by atoms with E-state index in [1.807, 2.05) is 93.4 Å². The van der Waals surface area contributed by atoms with Crippen molar-refractivity contribution in [1.29, 1.82) is 0 Å². The van der Waals surface area contributed by atoms with Crippen LogP contribution in [-0.2, 0) is 18.5 Å². The Morgan fingerprint density at radius 3 is 1.51 bits per heavy atom. The number of anilines is 2. The molecule has 3 aromatic carbocycles. The Morgan fingerprint density at radius 2 is 1.15 bits per heavy atom. The van der Waals surface area contributed by atoms with Crippen LogP contribution >= 0.6 is 10.3 Å². The molecule has 0 radical (unpaired) electrons. The van der Waals surface area contributed by atoms with Gasteiger partial charge in [-0.3, -0.25) is 0 Å². The van der Waals surface area contributed by atoms with Crippen molar-refractivity contribution in [2.75, 3.05) is 43.7 Å². The van der Waals surface area contributed by atoms with Crippen LogP contribution in [-0.4, -0.2) is 54.1 Å². The van der Waals surface area contributed by atoms with E-state index in [1.54, 1.807) is 45.0 Å². The van der Waals surface area contributed by atoms with Crippen LogP contribution in [0.25, 0.3) is 0 Å². The summed E-state index contributed by atoms with van der Waals surface area (Å²) >= 11 is 0. The van der Waals surface area contributed by atoms with Gasteiger partial charge in [-0.1, -0.05) is 13.3 Å². The maximum absolute atomic E-state index is 13.5. The molecule has 0 aliphatic heterocycles. The van der Waals surface area contributed by atoms with Gasteiger partial charge in [0, 0.05) is 54.3 Å². The lowest BCUT2D eigenvalue weighted by Crippen LogP contribution is -2.25. The molecule has 0 N–H and O–H groups in total. The van der Waals surface area contributed by atoms with Crippen LogP contribution in [0.5, 0.6) is 5.75 Å². The third-order valence-electron chi connectivity index (χ3n) is 6.07. The second-order valence-electron chi connectivity index (χ2n) is 11.1. The van der Waals surface area contributed by atoms with Gasteiger partial charge in [-0.2, -0.15) is 8.42 Å². The molecule has 0 atom stereocenters. The summed E-state index contributed by atoms with van der Waals surface area (Å²) in [5.41, 5.74) is 1.24. The molecular formula is C31H42N2O6S2. The Bertz CT molecular complexity index is 1350. The Hall–Kier alpha value is -3.21. The summed E-state index contributed by atoms with van der Waals surface area (Å²) in [6.07, 6.45) is 0.386. The predicted octanol–water partition coefficient (Wildman–Crippen LogP) is 7.48. The monoisotopic (exact) mass is 602 g/mol. The molecule has 0 unspecified atom stereocenters. The van der Waals surface area contributed by atoms with E-state index in [1.165, 1.54) is 0 Å². The Labute approximate surface area is 246 Å². The number of rotatable bonds is 11. The molecule has 8 nitrogen and oxygen atoms in total. The fourth-order valence-corrected chi connectivity index (χ4v) is 9.45. The van der Waals surface area contributed by atoms with Crippen LogP contribution < -0.4 is 14.5 Å². The Kier molecular flexibility index (Phi) is 10.4. The molecule has 0 aliphatic rings. The van der Waals surface area contributed by atoms with Crippen molar-refractivity contribution in [3.63, 3.8) is 0 Å².